The van der Waals surface area contributed by atoms with E-state index < -0.39 is 0 Å². The molecule has 1 aromatic rings. The van der Waals surface area contributed by atoms with Gasteiger partial charge in [0.25, 0.3) is 0 Å². The van der Waals surface area contributed by atoms with Gasteiger partial charge in [-0.15, -0.1) is 0 Å². The summed E-state index contributed by atoms with van der Waals surface area (Å²) in [4.78, 5) is 0. The van der Waals surface area contributed by atoms with Crippen LogP contribution in [0.5, 0.6) is 5.75 Å². The molecule has 2 nitrogen and oxygen atoms in total. The number of rotatable bonds is 4. The highest BCUT2D eigenvalue weighted by Crippen LogP contribution is 2.17. The molecule has 0 aliphatic heterocycles. The van der Waals surface area contributed by atoms with Gasteiger partial charge >= 0.3 is 0 Å². The first kappa shape index (κ1) is 11.3. The van der Waals surface area contributed by atoms with E-state index in [1.807, 2.05) is 32.0 Å². The molecule has 0 spiro atoms. The Kier molecular flexibility index (Phi) is 3.78. The van der Waals surface area contributed by atoms with Gasteiger partial charge in [0.15, 0.2) is 0 Å². The van der Waals surface area contributed by atoms with Crippen LogP contribution >= 0.6 is 11.6 Å². The second kappa shape index (κ2) is 4.67. The van der Waals surface area contributed by atoms with Gasteiger partial charge in [0.2, 0.25) is 0 Å². The van der Waals surface area contributed by atoms with Crippen LogP contribution in [0.2, 0.25) is 5.02 Å². The van der Waals surface area contributed by atoms with Crippen molar-refractivity contribution in [1.29, 1.82) is 0 Å². The van der Waals surface area contributed by atoms with Crippen molar-refractivity contribution < 1.29 is 4.74 Å². The maximum Gasteiger partial charge on any atom is 0.120 e. The minimum absolute atomic E-state index is 0.182. The lowest BCUT2D eigenvalue weighted by Gasteiger charge is -2.18. The van der Waals surface area contributed by atoms with E-state index in [-0.39, 0.29) is 5.54 Å². The second-order valence-electron chi connectivity index (χ2n) is 4.04. The molecule has 0 aromatic heterocycles. The predicted molar refractivity (Wildman–Crippen MR) is 59.8 cm³/mol. The Labute approximate surface area is 90.0 Å². The van der Waals surface area contributed by atoms with E-state index in [1.165, 1.54) is 0 Å². The lowest BCUT2D eigenvalue weighted by Crippen LogP contribution is -2.33. The molecule has 0 saturated carbocycles. The Morgan fingerprint density at radius 3 is 2.71 bits per heavy atom. The molecule has 0 amide bonds. The maximum atomic E-state index is 5.82. The Bertz CT molecular complexity index is 294. The van der Waals surface area contributed by atoms with Crippen molar-refractivity contribution in [2.45, 2.75) is 25.8 Å². The summed E-state index contributed by atoms with van der Waals surface area (Å²) in [5.41, 5.74) is 5.64. The van der Waals surface area contributed by atoms with Crippen LogP contribution < -0.4 is 10.5 Å². The minimum atomic E-state index is -0.182. The van der Waals surface area contributed by atoms with Gasteiger partial charge in [-0.25, -0.2) is 0 Å². The number of benzene rings is 1. The first-order valence-electron chi connectivity index (χ1n) is 4.65. The van der Waals surface area contributed by atoms with E-state index in [1.54, 1.807) is 6.07 Å². The van der Waals surface area contributed by atoms with Gasteiger partial charge in [-0.05, 0) is 38.5 Å². The van der Waals surface area contributed by atoms with Gasteiger partial charge in [-0.1, -0.05) is 17.7 Å². The fraction of sp³-hybridized carbons (Fsp3) is 0.455. The molecule has 3 heteroatoms. The molecule has 0 aliphatic carbocycles. The average molecular weight is 214 g/mol. The fourth-order valence-corrected chi connectivity index (χ4v) is 1.17. The smallest absolute Gasteiger partial charge is 0.120 e. The first-order valence-corrected chi connectivity index (χ1v) is 5.02. The number of halogens is 1. The second-order valence-corrected chi connectivity index (χ2v) is 4.48. The van der Waals surface area contributed by atoms with E-state index in [0.29, 0.717) is 11.6 Å². The zero-order chi connectivity index (χ0) is 10.6. The highest BCUT2D eigenvalue weighted by molar-refractivity contribution is 6.30. The van der Waals surface area contributed by atoms with Crippen molar-refractivity contribution in [3.63, 3.8) is 0 Å². The summed E-state index contributed by atoms with van der Waals surface area (Å²) in [6.07, 6.45) is 0.819. The van der Waals surface area contributed by atoms with E-state index >= 15 is 0 Å². The van der Waals surface area contributed by atoms with E-state index in [0.717, 1.165) is 12.2 Å². The van der Waals surface area contributed by atoms with Gasteiger partial charge in [0.1, 0.15) is 5.75 Å². The maximum absolute atomic E-state index is 5.82. The number of ether oxygens (including phenoxy) is 1. The van der Waals surface area contributed by atoms with Crippen molar-refractivity contribution in [2.75, 3.05) is 6.61 Å². The van der Waals surface area contributed by atoms with Gasteiger partial charge < -0.3 is 10.5 Å². The molecule has 0 fully saturated rings. The standard InChI is InChI=1S/C11H16ClNO/c1-11(2,13)6-7-14-10-5-3-4-9(12)8-10/h3-5,8H,6-7,13H2,1-2H3. The molecule has 0 radical (unpaired) electrons. The summed E-state index contributed by atoms with van der Waals surface area (Å²) in [6.45, 7) is 4.58. The van der Waals surface area contributed by atoms with Gasteiger partial charge in [-0.3, -0.25) is 0 Å². The zero-order valence-corrected chi connectivity index (χ0v) is 9.34. The SMILES string of the molecule is CC(C)(N)CCOc1cccc(Cl)c1. The summed E-state index contributed by atoms with van der Waals surface area (Å²) in [5.74, 6) is 0.793. The van der Waals surface area contributed by atoms with Crippen LogP contribution in [0, 0.1) is 0 Å². The van der Waals surface area contributed by atoms with Gasteiger partial charge in [-0.2, -0.15) is 0 Å². The van der Waals surface area contributed by atoms with E-state index in [4.69, 9.17) is 22.1 Å². The van der Waals surface area contributed by atoms with Crippen LogP contribution in [0.15, 0.2) is 24.3 Å². The molecular formula is C11H16ClNO. The minimum Gasteiger partial charge on any atom is -0.493 e. The van der Waals surface area contributed by atoms with Crippen LogP contribution in [-0.4, -0.2) is 12.1 Å². The fourth-order valence-electron chi connectivity index (χ4n) is 0.989. The first-order chi connectivity index (χ1) is 6.47. The molecule has 0 aliphatic rings. The summed E-state index contributed by atoms with van der Waals surface area (Å²) in [6, 6.07) is 7.37. The van der Waals surface area contributed by atoms with Gasteiger partial charge in [0.05, 0.1) is 6.61 Å². The lowest BCUT2D eigenvalue weighted by molar-refractivity contribution is 0.274. The molecule has 1 aromatic carbocycles. The Morgan fingerprint density at radius 2 is 2.14 bits per heavy atom. The Hall–Kier alpha value is -0.730. The summed E-state index contributed by atoms with van der Waals surface area (Å²) >= 11 is 5.81. The predicted octanol–water partition coefficient (Wildman–Crippen LogP) is 2.85. The monoisotopic (exact) mass is 213 g/mol. The molecule has 0 unspecified atom stereocenters. The van der Waals surface area contributed by atoms with Crippen LogP contribution in [0.4, 0.5) is 0 Å². The Balaban J connectivity index is 2.39. The quantitative estimate of drug-likeness (QED) is 0.835. The van der Waals surface area contributed by atoms with Crippen molar-refractivity contribution in [1.82, 2.24) is 0 Å². The molecule has 2 N–H and O–H groups in total. The molecule has 0 saturated heterocycles. The van der Waals surface area contributed by atoms with Crippen molar-refractivity contribution in [2.24, 2.45) is 5.73 Å². The highest BCUT2D eigenvalue weighted by Gasteiger charge is 2.10. The molecule has 0 heterocycles. The van der Waals surface area contributed by atoms with E-state index in [9.17, 15) is 0 Å². The largest absolute Gasteiger partial charge is 0.493 e. The van der Waals surface area contributed by atoms with Crippen molar-refractivity contribution in [3.05, 3.63) is 29.3 Å². The van der Waals surface area contributed by atoms with Gasteiger partial charge in [0, 0.05) is 10.6 Å². The number of nitrogens with two attached hydrogens (primary N) is 1. The third-order valence-corrected chi connectivity index (χ3v) is 2.05. The average Bonchev–Trinajstić information content (AvgIpc) is 2.01. The zero-order valence-electron chi connectivity index (χ0n) is 8.59. The summed E-state index contributed by atoms with van der Waals surface area (Å²) in [7, 11) is 0. The molecule has 0 atom stereocenters. The van der Waals surface area contributed by atoms with Crippen molar-refractivity contribution >= 4 is 11.6 Å². The Morgan fingerprint density at radius 1 is 1.43 bits per heavy atom. The molecule has 78 valence electrons. The number of hydrogen-bond acceptors (Lipinski definition) is 2. The number of hydrogen-bond donors (Lipinski definition) is 1. The third-order valence-electron chi connectivity index (χ3n) is 1.81. The highest BCUT2D eigenvalue weighted by atomic mass is 35.5. The lowest BCUT2D eigenvalue weighted by atomic mass is 10.0. The molecular weight excluding hydrogens is 198 g/mol. The van der Waals surface area contributed by atoms with Crippen molar-refractivity contribution in [3.8, 4) is 5.75 Å². The molecule has 1 rings (SSSR count). The van der Waals surface area contributed by atoms with Crippen LogP contribution in [0.25, 0.3) is 0 Å². The molecule has 14 heavy (non-hydrogen) atoms. The topological polar surface area (TPSA) is 35.2 Å². The van der Waals surface area contributed by atoms with Crippen LogP contribution in [0.1, 0.15) is 20.3 Å². The normalized spacial score (nSPS) is 11.4. The van der Waals surface area contributed by atoms with Crippen LogP contribution in [-0.2, 0) is 0 Å². The van der Waals surface area contributed by atoms with E-state index in [2.05, 4.69) is 0 Å². The summed E-state index contributed by atoms with van der Waals surface area (Å²) < 4.78 is 5.50. The third kappa shape index (κ3) is 4.49. The molecule has 0 bridgehead atoms. The van der Waals surface area contributed by atoms with Crippen LogP contribution in [0.3, 0.4) is 0 Å². The summed E-state index contributed by atoms with van der Waals surface area (Å²) in [5, 5.41) is 0.689.